The smallest absolute Gasteiger partial charge is 0.338 e. The van der Waals surface area contributed by atoms with Gasteiger partial charge in [0.25, 0.3) is 11.8 Å². The van der Waals surface area contributed by atoms with Crippen molar-refractivity contribution in [3.8, 4) is 5.75 Å². The fourth-order valence-corrected chi connectivity index (χ4v) is 3.83. The topological polar surface area (TPSA) is 102 Å². The molecule has 1 N–H and O–H groups in total. The van der Waals surface area contributed by atoms with Crippen LogP contribution >= 0.6 is 11.6 Å². The normalized spacial score (nSPS) is 14.5. The predicted octanol–water partition coefficient (Wildman–Crippen LogP) is 5.07. The molecule has 4 amide bonds. The lowest BCUT2D eigenvalue weighted by molar-refractivity contribution is -0.122. The molecule has 0 unspecified atom stereocenters. The minimum atomic E-state index is -0.895. The molecule has 37 heavy (non-hydrogen) atoms. The lowest BCUT2D eigenvalue weighted by atomic mass is 10.1. The second kappa shape index (κ2) is 11.1. The Bertz CT molecular complexity index is 1400. The van der Waals surface area contributed by atoms with Crippen LogP contribution in [0.4, 0.5) is 10.5 Å². The van der Waals surface area contributed by atoms with E-state index in [1.165, 1.54) is 30.3 Å². The van der Waals surface area contributed by atoms with Gasteiger partial charge >= 0.3 is 12.0 Å². The largest absolute Gasteiger partial charge is 0.487 e. The van der Waals surface area contributed by atoms with Gasteiger partial charge in [-0.1, -0.05) is 47.5 Å². The minimum Gasteiger partial charge on any atom is -0.487 e. The highest BCUT2D eigenvalue weighted by atomic mass is 35.5. The van der Waals surface area contributed by atoms with E-state index in [4.69, 9.17) is 21.1 Å². The number of ether oxygens (including phenoxy) is 2. The standard InChI is InChI=1S/C28H23ClN2O6/c1-3-36-27(34)20-9-11-21(12-10-20)31-26(33)22(25(32)30-28(31)35)14-19-8-13-24(23(29)15-19)37-16-18-6-4-17(2)5-7-18/h4-15H,3,16H2,1-2H3,(H,30,32,35)/b22-14+. The molecule has 0 aromatic heterocycles. The number of benzene rings is 3. The molecule has 0 saturated carbocycles. The van der Waals surface area contributed by atoms with Gasteiger partial charge in [0, 0.05) is 0 Å². The van der Waals surface area contributed by atoms with Gasteiger partial charge in [-0.3, -0.25) is 14.9 Å². The first-order chi connectivity index (χ1) is 17.8. The molecule has 0 atom stereocenters. The lowest BCUT2D eigenvalue weighted by Gasteiger charge is -2.26. The predicted molar refractivity (Wildman–Crippen MR) is 138 cm³/mol. The third-order valence-electron chi connectivity index (χ3n) is 5.52. The number of esters is 1. The summed E-state index contributed by atoms with van der Waals surface area (Å²) in [6.07, 6.45) is 1.35. The van der Waals surface area contributed by atoms with E-state index in [0.717, 1.165) is 16.0 Å². The summed E-state index contributed by atoms with van der Waals surface area (Å²) < 4.78 is 10.7. The molecule has 0 radical (unpaired) electrons. The molecule has 1 saturated heterocycles. The number of imide groups is 2. The van der Waals surface area contributed by atoms with Gasteiger partial charge in [-0.05, 0) is 67.4 Å². The first kappa shape index (κ1) is 25.7. The Labute approximate surface area is 218 Å². The molecule has 1 aliphatic heterocycles. The minimum absolute atomic E-state index is 0.187. The van der Waals surface area contributed by atoms with Crippen molar-refractivity contribution in [2.45, 2.75) is 20.5 Å². The first-order valence-electron chi connectivity index (χ1n) is 11.4. The van der Waals surface area contributed by atoms with E-state index in [1.807, 2.05) is 31.2 Å². The molecule has 188 valence electrons. The summed E-state index contributed by atoms with van der Waals surface area (Å²) in [5.41, 5.74) is 2.80. The summed E-state index contributed by atoms with van der Waals surface area (Å²) in [4.78, 5) is 50.8. The monoisotopic (exact) mass is 518 g/mol. The maximum Gasteiger partial charge on any atom is 0.338 e. The third-order valence-corrected chi connectivity index (χ3v) is 5.82. The zero-order valence-electron chi connectivity index (χ0n) is 20.1. The molecule has 3 aromatic rings. The lowest BCUT2D eigenvalue weighted by Crippen LogP contribution is -2.54. The highest BCUT2D eigenvalue weighted by Crippen LogP contribution is 2.28. The number of hydrogen-bond donors (Lipinski definition) is 1. The van der Waals surface area contributed by atoms with Crippen molar-refractivity contribution in [1.82, 2.24) is 5.32 Å². The van der Waals surface area contributed by atoms with Crippen LogP contribution < -0.4 is 15.0 Å². The van der Waals surface area contributed by atoms with Crippen molar-refractivity contribution < 1.29 is 28.7 Å². The Hall–Kier alpha value is -4.43. The number of nitrogens with one attached hydrogen (secondary N) is 1. The van der Waals surface area contributed by atoms with E-state index in [9.17, 15) is 19.2 Å². The van der Waals surface area contributed by atoms with Crippen LogP contribution in [0.15, 0.2) is 72.3 Å². The van der Waals surface area contributed by atoms with Crippen LogP contribution in [0.3, 0.4) is 0 Å². The van der Waals surface area contributed by atoms with Crippen molar-refractivity contribution in [2.75, 3.05) is 11.5 Å². The average molecular weight is 519 g/mol. The van der Waals surface area contributed by atoms with Crippen LogP contribution in [-0.2, 0) is 20.9 Å². The number of barbiturate groups is 1. The quantitative estimate of drug-likeness (QED) is 0.266. The fourth-order valence-electron chi connectivity index (χ4n) is 3.59. The van der Waals surface area contributed by atoms with Crippen LogP contribution in [0, 0.1) is 6.92 Å². The zero-order chi connectivity index (χ0) is 26.5. The van der Waals surface area contributed by atoms with Crippen LogP contribution in [-0.4, -0.2) is 30.4 Å². The number of halogens is 1. The van der Waals surface area contributed by atoms with Gasteiger partial charge < -0.3 is 9.47 Å². The highest BCUT2D eigenvalue weighted by molar-refractivity contribution is 6.39. The van der Waals surface area contributed by atoms with Crippen LogP contribution in [0.5, 0.6) is 5.75 Å². The van der Waals surface area contributed by atoms with Crippen LogP contribution in [0.2, 0.25) is 5.02 Å². The molecule has 3 aromatic carbocycles. The number of carbonyl (C=O) groups excluding carboxylic acids is 4. The Kier molecular flexibility index (Phi) is 7.69. The van der Waals surface area contributed by atoms with Crippen molar-refractivity contribution in [2.24, 2.45) is 0 Å². The van der Waals surface area contributed by atoms with Crippen molar-refractivity contribution in [1.29, 1.82) is 0 Å². The molecule has 8 nitrogen and oxygen atoms in total. The molecule has 0 spiro atoms. The molecular weight excluding hydrogens is 496 g/mol. The summed E-state index contributed by atoms with van der Waals surface area (Å²) in [6, 6.07) is 17.6. The van der Waals surface area contributed by atoms with Crippen molar-refractivity contribution in [3.63, 3.8) is 0 Å². The van der Waals surface area contributed by atoms with Gasteiger partial charge in [-0.25, -0.2) is 14.5 Å². The van der Waals surface area contributed by atoms with E-state index in [0.29, 0.717) is 22.9 Å². The Balaban J connectivity index is 1.53. The molecule has 0 bridgehead atoms. The van der Waals surface area contributed by atoms with Gasteiger partial charge in [0.15, 0.2) is 0 Å². The maximum atomic E-state index is 13.1. The second-order valence-corrected chi connectivity index (χ2v) is 8.60. The molecule has 4 rings (SSSR count). The molecule has 1 heterocycles. The van der Waals surface area contributed by atoms with Crippen molar-refractivity contribution in [3.05, 3.63) is 99.6 Å². The van der Waals surface area contributed by atoms with E-state index in [2.05, 4.69) is 5.32 Å². The highest BCUT2D eigenvalue weighted by Gasteiger charge is 2.36. The summed E-state index contributed by atoms with van der Waals surface area (Å²) in [5, 5.41) is 2.46. The summed E-state index contributed by atoms with van der Waals surface area (Å²) in [5.74, 6) is -1.72. The van der Waals surface area contributed by atoms with Crippen molar-refractivity contribution >= 4 is 47.2 Å². The number of hydrogen-bond acceptors (Lipinski definition) is 6. The Morgan fingerprint density at radius 1 is 1.00 bits per heavy atom. The third kappa shape index (κ3) is 5.87. The van der Waals surface area contributed by atoms with Gasteiger partial charge in [-0.2, -0.15) is 0 Å². The fraction of sp³-hybridized carbons (Fsp3) is 0.143. The summed E-state index contributed by atoms with van der Waals surface area (Å²) in [6.45, 7) is 4.23. The number of carbonyl (C=O) groups is 4. The maximum absolute atomic E-state index is 13.1. The van der Waals surface area contributed by atoms with Gasteiger partial charge in [0.1, 0.15) is 17.9 Å². The number of aryl methyl sites for hydroxylation is 1. The van der Waals surface area contributed by atoms with E-state index >= 15 is 0 Å². The van der Waals surface area contributed by atoms with Gasteiger partial charge in [0.2, 0.25) is 0 Å². The number of urea groups is 1. The van der Waals surface area contributed by atoms with Gasteiger partial charge in [0.05, 0.1) is 22.9 Å². The Morgan fingerprint density at radius 3 is 2.35 bits per heavy atom. The van der Waals surface area contributed by atoms with Gasteiger partial charge in [-0.15, -0.1) is 0 Å². The number of amides is 4. The summed E-state index contributed by atoms with van der Waals surface area (Å²) in [7, 11) is 0. The Morgan fingerprint density at radius 2 is 1.70 bits per heavy atom. The van der Waals surface area contributed by atoms with Crippen LogP contribution in [0.1, 0.15) is 34.0 Å². The number of rotatable bonds is 7. The average Bonchev–Trinajstić information content (AvgIpc) is 2.87. The molecule has 1 aliphatic rings. The molecule has 0 aliphatic carbocycles. The molecule has 9 heteroatoms. The summed E-state index contributed by atoms with van der Waals surface area (Å²) >= 11 is 6.38. The van der Waals surface area contributed by atoms with E-state index < -0.39 is 23.8 Å². The first-order valence-corrected chi connectivity index (χ1v) is 11.8. The second-order valence-electron chi connectivity index (χ2n) is 8.19. The molecular formula is C28H23ClN2O6. The number of nitrogens with zero attached hydrogens (tertiary/aromatic N) is 1. The molecule has 1 fully saturated rings. The zero-order valence-corrected chi connectivity index (χ0v) is 20.9. The van der Waals surface area contributed by atoms with E-state index in [-0.39, 0.29) is 23.4 Å². The van der Waals surface area contributed by atoms with E-state index in [1.54, 1.807) is 25.1 Å². The SMILES string of the molecule is CCOC(=O)c1ccc(N2C(=O)NC(=O)/C(=C\c3ccc(OCc4ccc(C)cc4)c(Cl)c3)C2=O)cc1. The number of anilines is 1. The van der Waals surface area contributed by atoms with Crippen LogP contribution in [0.25, 0.3) is 6.08 Å².